The van der Waals surface area contributed by atoms with Gasteiger partial charge in [0, 0.05) is 36.4 Å². The molecule has 0 saturated heterocycles. The lowest BCUT2D eigenvalue weighted by molar-refractivity contribution is 0.454. The van der Waals surface area contributed by atoms with Gasteiger partial charge in [-0.2, -0.15) is 0 Å². The SMILES string of the molecule is CCNC(C)c1ccc(N(C)C2CCCC2)cc1O. The highest BCUT2D eigenvalue weighted by molar-refractivity contribution is 5.54. The molecule has 0 amide bonds. The molecule has 3 nitrogen and oxygen atoms in total. The summed E-state index contributed by atoms with van der Waals surface area (Å²) in [6.45, 7) is 5.07. The Morgan fingerprint density at radius 3 is 2.63 bits per heavy atom. The van der Waals surface area contributed by atoms with Crippen molar-refractivity contribution in [2.75, 3.05) is 18.5 Å². The van der Waals surface area contributed by atoms with Crippen LogP contribution in [0.15, 0.2) is 18.2 Å². The third-order valence-electron chi connectivity index (χ3n) is 4.27. The first kappa shape index (κ1) is 14.2. The van der Waals surface area contributed by atoms with Crippen molar-refractivity contribution in [1.82, 2.24) is 5.32 Å². The molecule has 1 unspecified atom stereocenters. The minimum atomic E-state index is 0.191. The first-order valence-corrected chi connectivity index (χ1v) is 7.42. The normalized spacial score (nSPS) is 17.6. The molecule has 0 aliphatic heterocycles. The van der Waals surface area contributed by atoms with E-state index in [4.69, 9.17) is 0 Å². The lowest BCUT2D eigenvalue weighted by Crippen LogP contribution is -2.28. The molecule has 106 valence electrons. The molecule has 1 atom stereocenters. The van der Waals surface area contributed by atoms with Gasteiger partial charge in [-0.3, -0.25) is 0 Å². The van der Waals surface area contributed by atoms with Crippen LogP contribution in [0.4, 0.5) is 5.69 Å². The molecular weight excluding hydrogens is 236 g/mol. The van der Waals surface area contributed by atoms with E-state index < -0.39 is 0 Å². The number of anilines is 1. The van der Waals surface area contributed by atoms with Gasteiger partial charge in [-0.15, -0.1) is 0 Å². The summed E-state index contributed by atoms with van der Waals surface area (Å²) in [6.07, 6.45) is 5.20. The van der Waals surface area contributed by atoms with E-state index in [-0.39, 0.29) is 6.04 Å². The van der Waals surface area contributed by atoms with Gasteiger partial charge in [0.05, 0.1) is 0 Å². The summed E-state index contributed by atoms with van der Waals surface area (Å²) in [6, 6.07) is 6.90. The highest BCUT2D eigenvalue weighted by Crippen LogP contribution is 2.32. The van der Waals surface area contributed by atoms with E-state index in [0.717, 1.165) is 17.8 Å². The highest BCUT2D eigenvalue weighted by atomic mass is 16.3. The first-order valence-electron chi connectivity index (χ1n) is 7.42. The Balaban J connectivity index is 2.13. The molecule has 1 aromatic carbocycles. The van der Waals surface area contributed by atoms with Gasteiger partial charge < -0.3 is 15.3 Å². The van der Waals surface area contributed by atoms with Crippen LogP contribution in [0.3, 0.4) is 0 Å². The minimum absolute atomic E-state index is 0.191. The van der Waals surface area contributed by atoms with Gasteiger partial charge in [-0.05, 0) is 32.4 Å². The van der Waals surface area contributed by atoms with Crippen molar-refractivity contribution in [3.63, 3.8) is 0 Å². The zero-order valence-corrected chi connectivity index (χ0v) is 12.3. The number of aromatic hydroxyl groups is 1. The molecule has 1 fully saturated rings. The van der Waals surface area contributed by atoms with E-state index in [2.05, 4.69) is 37.2 Å². The Morgan fingerprint density at radius 1 is 1.37 bits per heavy atom. The molecule has 1 saturated carbocycles. The number of hydrogen-bond acceptors (Lipinski definition) is 3. The Hall–Kier alpha value is -1.22. The van der Waals surface area contributed by atoms with Gasteiger partial charge in [0.2, 0.25) is 0 Å². The van der Waals surface area contributed by atoms with Crippen LogP contribution in [-0.2, 0) is 0 Å². The summed E-state index contributed by atoms with van der Waals surface area (Å²) in [5.74, 6) is 0.399. The zero-order chi connectivity index (χ0) is 13.8. The molecule has 1 aliphatic rings. The Labute approximate surface area is 116 Å². The number of phenolic OH excluding ortho intramolecular Hbond substituents is 1. The van der Waals surface area contributed by atoms with Gasteiger partial charge in [0.1, 0.15) is 5.75 Å². The van der Waals surface area contributed by atoms with E-state index in [1.165, 1.54) is 25.7 Å². The van der Waals surface area contributed by atoms with Gasteiger partial charge in [0.25, 0.3) is 0 Å². The number of nitrogens with zero attached hydrogens (tertiary/aromatic N) is 1. The third-order valence-corrected chi connectivity index (χ3v) is 4.27. The van der Waals surface area contributed by atoms with Gasteiger partial charge >= 0.3 is 0 Å². The minimum Gasteiger partial charge on any atom is -0.508 e. The highest BCUT2D eigenvalue weighted by Gasteiger charge is 2.20. The smallest absolute Gasteiger partial charge is 0.122 e. The number of phenols is 1. The summed E-state index contributed by atoms with van der Waals surface area (Å²) >= 11 is 0. The summed E-state index contributed by atoms with van der Waals surface area (Å²) in [4.78, 5) is 2.31. The van der Waals surface area contributed by atoms with E-state index >= 15 is 0 Å². The van der Waals surface area contributed by atoms with Crippen molar-refractivity contribution in [2.24, 2.45) is 0 Å². The second-order valence-electron chi connectivity index (χ2n) is 5.57. The quantitative estimate of drug-likeness (QED) is 0.853. The van der Waals surface area contributed by atoms with E-state index in [0.29, 0.717) is 11.8 Å². The number of hydrogen-bond donors (Lipinski definition) is 2. The predicted octanol–water partition coefficient (Wildman–Crippen LogP) is 3.44. The van der Waals surface area contributed by atoms with Crippen molar-refractivity contribution in [3.8, 4) is 5.75 Å². The molecule has 1 aromatic rings. The van der Waals surface area contributed by atoms with Crippen LogP contribution < -0.4 is 10.2 Å². The number of nitrogens with one attached hydrogen (secondary N) is 1. The average molecular weight is 262 g/mol. The Bertz CT molecular complexity index is 413. The molecule has 0 aromatic heterocycles. The summed E-state index contributed by atoms with van der Waals surface area (Å²) in [7, 11) is 2.14. The molecule has 19 heavy (non-hydrogen) atoms. The molecule has 0 bridgehead atoms. The van der Waals surface area contributed by atoms with E-state index in [9.17, 15) is 5.11 Å². The summed E-state index contributed by atoms with van der Waals surface area (Å²) in [5, 5.41) is 13.5. The molecule has 2 rings (SSSR count). The first-order chi connectivity index (χ1) is 9.13. The maximum atomic E-state index is 10.2. The van der Waals surface area contributed by atoms with Crippen LogP contribution in [0.2, 0.25) is 0 Å². The van der Waals surface area contributed by atoms with Gasteiger partial charge in [-0.1, -0.05) is 25.8 Å². The van der Waals surface area contributed by atoms with Crippen LogP contribution in [0.5, 0.6) is 5.75 Å². The largest absolute Gasteiger partial charge is 0.508 e. The van der Waals surface area contributed by atoms with Crippen molar-refractivity contribution in [3.05, 3.63) is 23.8 Å². The molecule has 3 heteroatoms. The topological polar surface area (TPSA) is 35.5 Å². The zero-order valence-electron chi connectivity index (χ0n) is 12.3. The Morgan fingerprint density at radius 2 is 2.05 bits per heavy atom. The Kier molecular flexibility index (Phi) is 4.70. The molecule has 0 heterocycles. The second-order valence-corrected chi connectivity index (χ2v) is 5.57. The maximum absolute atomic E-state index is 10.2. The van der Waals surface area contributed by atoms with Crippen molar-refractivity contribution >= 4 is 5.69 Å². The fraction of sp³-hybridized carbons (Fsp3) is 0.625. The van der Waals surface area contributed by atoms with E-state index in [1.54, 1.807) is 0 Å². The number of benzene rings is 1. The lowest BCUT2D eigenvalue weighted by atomic mass is 10.1. The second kappa shape index (κ2) is 6.29. The molecule has 0 spiro atoms. The average Bonchev–Trinajstić information content (AvgIpc) is 2.91. The molecule has 1 aliphatic carbocycles. The molecule has 0 radical (unpaired) electrons. The summed E-state index contributed by atoms with van der Waals surface area (Å²) < 4.78 is 0. The number of rotatable bonds is 5. The summed E-state index contributed by atoms with van der Waals surface area (Å²) in [5.41, 5.74) is 2.10. The monoisotopic (exact) mass is 262 g/mol. The van der Waals surface area contributed by atoms with Crippen LogP contribution in [0, 0.1) is 0 Å². The van der Waals surface area contributed by atoms with Crippen LogP contribution in [0.1, 0.15) is 51.1 Å². The fourth-order valence-electron chi connectivity index (χ4n) is 3.04. The lowest BCUT2D eigenvalue weighted by Gasteiger charge is -2.27. The van der Waals surface area contributed by atoms with Gasteiger partial charge in [0.15, 0.2) is 0 Å². The van der Waals surface area contributed by atoms with Crippen molar-refractivity contribution in [2.45, 2.75) is 51.6 Å². The maximum Gasteiger partial charge on any atom is 0.122 e. The van der Waals surface area contributed by atoms with Crippen LogP contribution >= 0.6 is 0 Å². The third kappa shape index (κ3) is 3.21. The van der Waals surface area contributed by atoms with E-state index in [1.807, 2.05) is 12.1 Å². The van der Waals surface area contributed by atoms with Crippen LogP contribution in [0.25, 0.3) is 0 Å². The fourth-order valence-corrected chi connectivity index (χ4v) is 3.04. The van der Waals surface area contributed by atoms with Crippen molar-refractivity contribution < 1.29 is 5.11 Å². The predicted molar refractivity (Wildman–Crippen MR) is 80.9 cm³/mol. The standard InChI is InChI=1S/C16H26N2O/c1-4-17-12(2)15-10-9-14(11-16(15)19)18(3)13-7-5-6-8-13/h9-13,17,19H,4-8H2,1-3H3. The molecular formula is C16H26N2O. The van der Waals surface area contributed by atoms with Crippen LogP contribution in [-0.4, -0.2) is 24.7 Å². The molecule has 2 N–H and O–H groups in total. The van der Waals surface area contributed by atoms with Crippen molar-refractivity contribution in [1.29, 1.82) is 0 Å². The van der Waals surface area contributed by atoms with Gasteiger partial charge in [-0.25, -0.2) is 0 Å².